The second-order valence-corrected chi connectivity index (χ2v) is 3.33. The number of hydrogen-bond donors (Lipinski definition) is 0. The Morgan fingerprint density at radius 2 is 1.87 bits per heavy atom. The molecule has 0 unspecified atom stereocenters. The highest BCUT2D eigenvalue weighted by atomic mass is 35.5. The topological polar surface area (TPSA) is 9.23 Å². The molecule has 0 aromatic rings. The number of halogens is 1. The van der Waals surface area contributed by atoms with E-state index >= 15 is 0 Å². The monoisotopic (exact) mass is 228 g/mol. The molecule has 1 nitrogen and oxygen atoms in total. The molecule has 0 fully saturated rings. The lowest BCUT2D eigenvalue weighted by Crippen LogP contribution is -1.93. The molecule has 0 bridgehead atoms. The number of hydrogen-bond acceptors (Lipinski definition) is 1. The van der Waals surface area contributed by atoms with Gasteiger partial charge in [0, 0.05) is 5.03 Å². The molecule has 0 aliphatic rings. The minimum Gasteiger partial charge on any atom is -0.490 e. The van der Waals surface area contributed by atoms with E-state index in [0.29, 0.717) is 17.4 Å². The molecule has 0 aromatic carbocycles. The first kappa shape index (κ1) is 16.5. The van der Waals surface area contributed by atoms with Gasteiger partial charge in [-0.15, -0.1) is 0 Å². The van der Waals surface area contributed by atoms with Crippen LogP contribution in [0.3, 0.4) is 0 Å². The van der Waals surface area contributed by atoms with Gasteiger partial charge in [-0.25, -0.2) is 0 Å². The van der Waals surface area contributed by atoms with Crippen molar-refractivity contribution >= 4 is 11.6 Å². The van der Waals surface area contributed by atoms with E-state index in [9.17, 15) is 0 Å². The lowest BCUT2D eigenvalue weighted by Gasteiger charge is -2.05. The maximum Gasteiger partial charge on any atom is 0.113 e. The maximum absolute atomic E-state index is 5.64. The zero-order valence-electron chi connectivity index (χ0n) is 10.1. The van der Waals surface area contributed by atoms with E-state index in [1.807, 2.05) is 26.8 Å². The van der Waals surface area contributed by atoms with Gasteiger partial charge in [0.15, 0.2) is 0 Å². The summed E-state index contributed by atoms with van der Waals surface area (Å²) in [5.41, 5.74) is 1.09. The zero-order valence-corrected chi connectivity index (χ0v) is 10.9. The average Bonchev–Trinajstić information content (AvgIpc) is 2.17. The van der Waals surface area contributed by atoms with Crippen LogP contribution in [0, 0.1) is 0 Å². The molecule has 15 heavy (non-hydrogen) atoms. The van der Waals surface area contributed by atoms with E-state index in [1.165, 1.54) is 0 Å². The van der Waals surface area contributed by atoms with E-state index in [-0.39, 0.29) is 0 Å². The Kier molecular flexibility index (Phi) is 12.2. The van der Waals surface area contributed by atoms with E-state index in [4.69, 9.17) is 16.3 Å². The van der Waals surface area contributed by atoms with Crippen LogP contribution in [0.4, 0.5) is 0 Å². The molecule has 0 heterocycles. The molecule has 0 saturated heterocycles. The first-order valence-corrected chi connectivity index (χ1v) is 5.37. The van der Waals surface area contributed by atoms with Crippen molar-refractivity contribution in [2.45, 2.75) is 27.7 Å². The van der Waals surface area contributed by atoms with Crippen molar-refractivity contribution in [1.82, 2.24) is 0 Å². The molecule has 0 aromatic heterocycles. The molecule has 0 aliphatic carbocycles. The Labute approximate surface area is 98.8 Å². The predicted molar refractivity (Wildman–Crippen MR) is 70.0 cm³/mol. The number of rotatable bonds is 5. The summed E-state index contributed by atoms with van der Waals surface area (Å²) < 4.78 is 5.30. The van der Waals surface area contributed by atoms with E-state index in [0.717, 1.165) is 5.57 Å². The molecule has 0 radical (unpaired) electrons. The molecule has 0 spiro atoms. The zero-order chi connectivity index (χ0) is 12.3. The van der Waals surface area contributed by atoms with Crippen LogP contribution in [0.5, 0.6) is 0 Å². The minimum atomic E-state index is 0.519. The van der Waals surface area contributed by atoms with E-state index < -0.39 is 0 Å². The predicted octanol–water partition coefficient (Wildman–Crippen LogP) is 4.82. The van der Waals surface area contributed by atoms with Gasteiger partial charge in [0.25, 0.3) is 0 Å². The van der Waals surface area contributed by atoms with Crippen LogP contribution in [-0.4, -0.2) is 6.61 Å². The molecular weight excluding hydrogens is 208 g/mol. The molecule has 2 heteroatoms. The second kappa shape index (κ2) is 11.1. The molecule has 0 amide bonds. The fraction of sp³-hybridized carbons (Fsp3) is 0.385. The molecule has 0 atom stereocenters. The average molecular weight is 229 g/mol. The first-order valence-electron chi connectivity index (χ1n) is 5.00. The number of ether oxygens (including phenoxy) is 1. The summed E-state index contributed by atoms with van der Waals surface area (Å²) in [7, 11) is 0. The van der Waals surface area contributed by atoms with Crippen molar-refractivity contribution in [3.63, 3.8) is 0 Å². The van der Waals surface area contributed by atoms with Gasteiger partial charge in [-0.2, -0.15) is 0 Å². The van der Waals surface area contributed by atoms with Crippen LogP contribution in [0.1, 0.15) is 27.7 Å². The highest BCUT2D eigenvalue weighted by Crippen LogP contribution is 2.06. The van der Waals surface area contributed by atoms with Crippen molar-refractivity contribution in [3.05, 3.63) is 47.8 Å². The summed E-state index contributed by atoms with van der Waals surface area (Å²) in [5, 5.41) is 0.662. The maximum atomic E-state index is 5.64. The summed E-state index contributed by atoms with van der Waals surface area (Å²) in [4.78, 5) is 0. The highest BCUT2D eigenvalue weighted by molar-refractivity contribution is 6.29. The molecule has 0 saturated carbocycles. The fourth-order valence-corrected chi connectivity index (χ4v) is 0.841. The van der Waals surface area contributed by atoms with Crippen molar-refractivity contribution in [3.8, 4) is 0 Å². The lowest BCUT2D eigenvalue weighted by molar-refractivity contribution is 0.254. The fourth-order valence-electron chi connectivity index (χ4n) is 0.719. The largest absolute Gasteiger partial charge is 0.490 e. The SMILES string of the molecule is C=C/C=C(\C)COC(=C)/C=C(\C)Cl.CC. The van der Waals surface area contributed by atoms with Crippen LogP contribution in [0.25, 0.3) is 0 Å². The normalized spacial score (nSPS) is 11.3. The van der Waals surface area contributed by atoms with E-state index in [1.54, 1.807) is 19.1 Å². The summed E-state index contributed by atoms with van der Waals surface area (Å²) in [6.07, 6.45) is 5.30. The van der Waals surface area contributed by atoms with Crippen molar-refractivity contribution in [2.24, 2.45) is 0 Å². The third kappa shape index (κ3) is 13.1. The van der Waals surface area contributed by atoms with Gasteiger partial charge < -0.3 is 4.74 Å². The van der Waals surface area contributed by atoms with Gasteiger partial charge in [0.1, 0.15) is 12.4 Å². The standard InChI is InChI=1S/C11H15ClO.C2H6/c1-5-6-9(2)8-13-11(4)7-10(3)12;1-2/h5-7H,1,4,8H2,2-3H3;1-2H3/b9-6+,10-7+;. The Morgan fingerprint density at radius 1 is 1.33 bits per heavy atom. The Hall–Kier alpha value is -0.950. The van der Waals surface area contributed by atoms with E-state index in [2.05, 4.69) is 13.2 Å². The van der Waals surface area contributed by atoms with Crippen LogP contribution < -0.4 is 0 Å². The van der Waals surface area contributed by atoms with Gasteiger partial charge in [0.05, 0.1) is 0 Å². The molecule has 86 valence electrons. The van der Waals surface area contributed by atoms with Gasteiger partial charge in [0.2, 0.25) is 0 Å². The second-order valence-electron chi connectivity index (χ2n) is 2.73. The summed E-state index contributed by atoms with van der Waals surface area (Å²) >= 11 is 5.64. The molecular formula is C13H21ClO. The Balaban J connectivity index is 0. The first-order chi connectivity index (χ1) is 7.06. The van der Waals surface area contributed by atoms with Crippen LogP contribution in [0.2, 0.25) is 0 Å². The lowest BCUT2D eigenvalue weighted by atomic mass is 10.3. The third-order valence-electron chi connectivity index (χ3n) is 1.25. The third-order valence-corrected chi connectivity index (χ3v) is 1.36. The highest BCUT2D eigenvalue weighted by Gasteiger charge is 1.92. The summed E-state index contributed by atoms with van der Waals surface area (Å²) in [5.74, 6) is 0.573. The van der Waals surface area contributed by atoms with Crippen molar-refractivity contribution < 1.29 is 4.74 Å². The van der Waals surface area contributed by atoms with Crippen LogP contribution in [0.15, 0.2) is 47.8 Å². The van der Waals surface area contributed by atoms with Crippen LogP contribution in [-0.2, 0) is 4.74 Å². The van der Waals surface area contributed by atoms with Gasteiger partial charge in [-0.1, -0.05) is 50.8 Å². The van der Waals surface area contributed by atoms with Gasteiger partial charge in [-0.3, -0.25) is 0 Å². The van der Waals surface area contributed by atoms with Gasteiger partial charge in [-0.05, 0) is 25.5 Å². The smallest absolute Gasteiger partial charge is 0.113 e. The summed E-state index contributed by atoms with van der Waals surface area (Å²) in [6.45, 7) is 15.5. The van der Waals surface area contributed by atoms with Crippen molar-refractivity contribution in [1.29, 1.82) is 0 Å². The number of allylic oxidation sites excluding steroid dienone is 4. The minimum absolute atomic E-state index is 0.519. The Morgan fingerprint density at radius 3 is 2.27 bits per heavy atom. The molecule has 0 aliphatic heterocycles. The Bertz CT molecular complexity index is 245. The van der Waals surface area contributed by atoms with Crippen molar-refractivity contribution in [2.75, 3.05) is 6.61 Å². The van der Waals surface area contributed by atoms with Crippen LogP contribution >= 0.6 is 11.6 Å². The summed E-state index contributed by atoms with van der Waals surface area (Å²) in [6, 6.07) is 0. The molecule has 0 rings (SSSR count). The molecule has 0 N–H and O–H groups in total. The van der Waals surface area contributed by atoms with Gasteiger partial charge >= 0.3 is 0 Å². The quantitative estimate of drug-likeness (QED) is 0.484.